The van der Waals surface area contributed by atoms with Gasteiger partial charge in [-0.25, -0.2) is 0 Å². The zero-order chi connectivity index (χ0) is 13.7. The number of hydrogen-bond acceptors (Lipinski definition) is 2. The molecule has 1 aromatic rings. The maximum Gasteiger partial charge on any atom is 0.305 e. The zero-order valence-corrected chi connectivity index (χ0v) is 11.2. The molecule has 0 bridgehead atoms. The molecule has 0 saturated heterocycles. The maximum atomic E-state index is 11.8. The Kier molecular flexibility index (Phi) is 5.16. The van der Waals surface area contributed by atoms with Gasteiger partial charge in [0.25, 0.3) is 0 Å². The minimum atomic E-state index is -0.929. The van der Waals surface area contributed by atoms with Crippen LogP contribution in [0.15, 0.2) is 18.2 Å². The quantitative estimate of drug-likeness (QED) is 0.894. The van der Waals surface area contributed by atoms with Crippen molar-refractivity contribution in [2.45, 2.75) is 26.7 Å². The fourth-order valence-electron chi connectivity index (χ4n) is 1.55. The number of hydrogen-bond donors (Lipinski definition) is 1. The van der Waals surface area contributed by atoms with Gasteiger partial charge >= 0.3 is 5.97 Å². The van der Waals surface area contributed by atoms with Crippen LogP contribution >= 0.6 is 11.6 Å². The van der Waals surface area contributed by atoms with Crippen molar-refractivity contribution < 1.29 is 14.7 Å². The van der Waals surface area contributed by atoms with Gasteiger partial charge in [-0.15, -0.1) is 0 Å². The number of carboxylic acid groups (broad SMARTS) is 1. The van der Waals surface area contributed by atoms with Gasteiger partial charge in [0.15, 0.2) is 0 Å². The Balaban J connectivity index is 2.97. The van der Waals surface area contributed by atoms with E-state index in [1.54, 1.807) is 19.1 Å². The fourth-order valence-corrected chi connectivity index (χ4v) is 1.72. The molecule has 1 amide bonds. The van der Waals surface area contributed by atoms with Gasteiger partial charge in [0.1, 0.15) is 0 Å². The van der Waals surface area contributed by atoms with Crippen LogP contribution in [-0.4, -0.2) is 23.5 Å². The van der Waals surface area contributed by atoms with E-state index < -0.39 is 5.97 Å². The minimum Gasteiger partial charge on any atom is -0.481 e. The average Bonchev–Trinajstić information content (AvgIpc) is 2.33. The standard InChI is InChI=1S/C13H16ClNO3/c1-3-12(16)15(7-6-13(17)18)10-5-4-9(2)11(14)8-10/h4-5,8H,3,6-7H2,1-2H3,(H,17,18). The smallest absolute Gasteiger partial charge is 0.305 e. The number of nitrogens with zero attached hydrogens (tertiary/aromatic N) is 1. The summed E-state index contributed by atoms with van der Waals surface area (Å²) in [7, 11) is 0. The third kappa shape index (κ3) is 3.74. The van der Waals surface area contributed by atoms with Crippen molar-refractivity contribution >= 4 is 29.2 Å². The van der Waals surface area contributed by atoms with E-state index in [4.69, 9.17) is 16.7 Å². The first-order valence-corrected chi connectivity index (χ1v) is 6.11. The molecule has 0 aliphatic rings. The van der Waals surface area contributed by atoms with Crippen LogP contribution in [0.25, 0.3) is 0 Å². The molecule has 0 fully saturated rings. The lowest BCUT2D eigenvalue weighted by molar-refractivity contribution is -0.136. The molecule has 0 aromatic heterocycles. The SMILES string of the molecule is CCC(=O)N(CCC(=O)O)c1ccc(C)c(Cl)c1. The lowest BCUT2D eigenvalue weighted by Crippen LogP contribution is -2.32. The lowest BCUT2D eigenvalue weighted by atomic mass is 10.2. The molecule has 1 aromatic carbocycles. The van der Waals surface area contributed by atoms with Gasteiger partial charge < -0.3 is 10.0 Å². The summed E-state index contributed by atoms with van der Waals surface area (Å²) >= 11 is 6.01. The second-order valence-corrected chi connectivity index (χ2v) is 4.38. The number of carboxylic acids is 1. The van der Waals surface area contributed by atoms with Crippen LogP contribution < -0.4 is 4.90 Å². The highest BCUT2D eigenvalue weighted by Crippen LogP contribution is 2.23. The van der Waals surface area contributed by atoms with Crippen molar-refractivity contribution in [2.24, 2.45) is 0 Å². The van der Waals surface area contributed by atoms with Gasteiger partial charge in [-0.3, -0.25) is 9.59 Å². The molecule has 18 heavy (non-hydrogen) atoms. The van der Waals surface area contributed by atoms with Crippen molar-refractivity contribution in [3.63, 3.8) is 0 Å². The molecular formula is C13H16ClNO3. The second-order valence-electron chi connectivity index (χ2n) is 3.98. The molecule has 0 aliphatic heterocycles. The number of amides is 1. The van der Waals surface area contributed by atoms with Crippen molar-refractivity contribution in [3.05, 3.63) is 28.8 Å². The normalized spacial score (nSPS) is 10.2. The first-order valence-electron chi connectivity index (χ1n) is 5.74. The Labute approximate surface area is 111 Å². The summed E-state index contributed by atoms with van der Waals surface area (Å²) < 4.78 is 0. The molecule has 1 rings (SSSR count). The zero-order valence-electron chi connectivity index (χ0n) is 10.4. The van der Waals surface area contributed by atoms with E-state index in [0.29, 0.717) is 17.1 Å². The molecular weight excluding hydrogens is 254 g/mol. The molecule has 0 spiro atoms. The van der Waals surface area contributed by atoms with Gasteiger partial charge in [-0.05, 0) is 24.6 Å². The van der Waals surface area contributed by atoms with Crippen molar-refractivity contribution in [1.82, 2.24) is 0 Å². The number of anilines is 1. The summed E-state index contributed by atoms with van der Waals surface area (Å²) in [5, 5.41) is 9.26. The molecule has 4 nitrogen and oxygen atoms in total. The number of aryl methyl sites for hydroxylation is 1. The van der Waals surface area contributed by atoms with Crippen LogP contribution in [-0.2, 0) is 9.59 Å². The Bertz CT molecular complexity index is 460. The monoisotopic (exact) mass is 269 g/mol. The number of halogens is 1. The van der Waals surface area contributed by atoms with Crippen LogP contribution in [0.5, 0.6) is 0 Å². The summed E-state index contributed by atoms with van der Waals surface area (Å²) in [6.07, 6.45) is 0.238. The molecule has 1 N–H and O–H groups in total. The molecule has 0 unspecified atom stereocenters. The Morgan fingerprint density at radius 1 is 1.39 bits per heavy atom. The van der Waals surface area contributed by atoms with Crippen LogP contribution in [0.4, 0.5) is 5.69 Å². The maximum absolute atomic E-state index is 11.8. The van der Waals surface area contributed by atoms with Crippen LogP contribution in [0.1, 0.15) is 25.3 Å². The number of carbonyl (C=O) groups excluding carboxylic acids is 1. The van der Waals surface area contributed by atoms with Gasteiger partial charge in [0.05, 0.1) is 6.42 Å². The van der Waals surface area contributed by atoms with E-state index in [1.165, 1.54) is 4.90 Å². The highest BCUT2D eigenvalue weighted by Gasteiger charge is 2.15. The minimum absolute atomic E-state index is 0.0861. The molecule has 98 valence electrons. The number of aliphatic carboxylic acids is 1. The van der Waals surface area contributed by atoms with Crippen molar-refractivity contribution in [2.75, 3.05) is 11.4 Å². The van der Waals surface area contributed by atoms with Gasteiger partial charge in [-0.1, -0.05) is 24.6 Å². The lowest BCUT2D eigenvalue weighted by Gasteiger charge is -2.22. The highest BCUT2D eigenvalue weighted by atomic mass is 35.5. The fraction of sp³-hybridized carbons (Fsp3) is 0.385. The molecule has 0 radical (unpaired) electrons. The third-order valence-corrected chi connectivity index (χ3v) is 3.03. The molecule has 0 saturated carbocycles. The van der Waals surface area contributed by atoms with Gasteiger partial charge in [0.2, 0.25) is 5.91 Å². The summed E-state index contributed by atoms with van der Waals surface area (Å²) in [4.78, 5) is 23.9. The van der Waals surface area contributed by atoms with Crippen molar-refractivity contribution in [1.29, 1.82) is 0 Å². The van der Waals surface area contributed by atoms with Gasteiger partial charge in [0, 0.05) is 23.7 Å². The van der Waals surface area contributed by atoms with Gasteiger partial charge in [-0.2, -0.15) is 0 Å². The second kappa shape index (κ2) is 6.40. The molecule has 5 heteroatoms. The first kappa shape index (κ1) is 14.5. The molecule has 0 atom stereocenters. The number of rotatable bonds is 5. The number of carbonyl (C=O) groups is 2. The summed E-state index contributed by atoms with van der Waals surface area (Å²) in [6.45, 7) is 3.77. The molecule has 0 aliphatic carbocycles. The van der Waals surface area contributed by atoms with E-state index in [0.717, 1.165) is 5.56 Å². The first-order chi connectivity index (χ1) is 8.45. The topological polar surface area (TPSA) is 57.6 Å². The summed E-state index contributed by atoms with van der Waals surface area (Å²) in [6, 6.07) is 5.28. The Morgan fingerprint density at radius 2 is 2.06 bits per heavy atom. The van der Waals surface area contributed by atoms with Crippen LogP contribution in [0.2, 0.25) is 5.02 Å². The van der Waals surface area contributed by atoms with E-state index in [1.807, 2.05) is 13.0 Å². The largest absolute Gasteiger partial charge is 0.481 e. The summed E-state index contributed by atoms with van der Waals surface area (Å²) in [5.74, 6) is -1.04. The summed E-state index contributed by atoms with van der Waals surface area (Å²) in [5.41, 5.74) is 1.56. The van der Waals surface area contributed by atoms with E-state index in [-0.39, 0.29) is 18.9 Å². The predicted octanol–water partition coefficient (Wildman–Crippen LogP) is 2.87. The van der Waals surface area contributed by atoms with E-state index >= 15 is 0 Å². The Morgan fingerprint density at radius 3 is 2.56 bits per heavy atom. The highest BCUT2D eigenvalue weighted by molar-refractivity contribution is 6.31. The number of benzene rings is 1. The van der Waals surface area contributed by atoms with Crippen LogP contribution in [0, 0.1) is 6.92 Å². The van der Waals surface area contributed by atoms with E-state index in [2.05, 4.69) is 0 Å². The molecule has 0 heterocycles. The van der Waals surface area contributed by atoms with E-state index in [9.17, 15) is 9.59 Å². The Hall–Kier alpha value is -1.55. The van der Waals surface area contributed by atoms with Crippen molar-refractivity contribution in [3.8, 4) is 0 Å². The predicted molar refractivity (Wildman–Crippen MR) is 71.1 cm³/mol. The third-order valence-electron chi connectivity index (χ3n) is 2.62. The average molecular weight is 270 g/mol. The van der Waals surface area contributed by atoms with Crippen LogP contribution in [0.3, 0.4) is 0 Å².